The van der Waals surface area contributed by atoms with Crippen LogP contribution in [0.25, 0.3) is 11.2 Å². The van der Waals surface area contributed by atoms with Gasteiger partial charge in [0.15, 0.2) is 5.65 Å². The summed E-state index contributed by atoms with van der Waals surface area (Å²) in [7, 11) is 0. The van der Waals surface area contributed by atoms with Crippen LogP contribution in [0, 0.1) is 5.92 Å². The van der Waals surface area contributed by atoms with Gasteiger partial charge in [0.05, 0.1) is 6.20 Å². The Morgan fingerprint density at radius 1 is 1.26 bits per heavy atom. The van der Waals surface area contributed by atoms with Crippen molar-refractivity contribution < 1.29 is 0 Å². The van der Waals surface area contributed by atoms with Crippen LogP contribution in [0.15, 0.2) is 31.0 Å². The van der Waals surface area contributed by atoms with E-state index in [9.17, 15) is 0 Å². The number of aromatic nitrogens is 4. The first-order valence-electron chi connectivity index (χ1n) is 6.85. The molecule has 0 aliphatic heterocycles. The number of nitrogens with zero attached hydrogens (tertiary/aromatic N) is 4. The second-order valence-corrected chi connectivity index (χ2v) is 5.84. The van der Waals surface area contributed by atoms with Gasteiger partial charge in [-0.25, -0.2) is 9.50 Å². The van der Waals surface area contributed by atoms with E-state index < -0.39 is 0 Å². The maximum Gasteiger partial charge on any atom is 0.163 e. The van der Waals surface area contributed by atoms with Crippen LogP contribution in [0.5, 0.6) is 0 Å². The van der Waals surface area contributed by atoms with Crippen LogP contribution >= 0.6 is 0 Å². The third-order valence-electron chi connectivity index (χ3n) is 4.58. The lowest BCUT2D eigenvalue weighted by Gasteiger charge is -2.30. The normalized spacial score (nSPS) is 14.3. The highest BCUT2D eigenvalue weighted by Crippen LogP contribution is 2.36. The van der Waals surface area contributed by atoms with Crippen molar-refractivity contribution in [1.82, 2.24) is 19.0 Å². The smallest absolute Gasteiger partial charge is 0.163 e. The molecule has 0 saturated carbocycles. The molecule has 0 bridgehead atoms. The fraction of sp³-hybridized carbons (Fsp3) is 0.467. The monoisotopic (exact) mass is 256 g/mol. The standard InChI is InChI=1S/C15H20N4/c1-5-11(2)15(3,4)12-10-17-19-9-8-18-7-6-16-14(18)13(12)19/h6-11H,5H2,1-4H3. The van der Waals surface area contributed by atoms with Gasteiger partial charge in [-0.1, -0.05) is 34.1 Å². The second-order valence-electron chi connectivity index (χ2n) is 5.84. The molecule has 1 unspecified atom stereocenters. The van der Waals surface area contributed by atoms with Gasteiger partial charge in [-0.2, -0.15) is 5.10 Å². The quantitative estimate of drug-likeness (QED) is 0.720. The second kappa shape index (κ2) is 4.08. The van der Waals surface area contributed by atoms with Gasteiger partial charge < -0.3 is 4.40 Å². The van der Waals surface area contributed by atoms with E-state index in [1.807, 2.05) is 39.9 Å². The van der Waals surface area contributed by atoms with E-state index in [1.54, 1.807) is 0 Å². The Balaban J connectivity index is 2.32. The molecule has 0 aliphatic carbocycles. The van der Waals surface area contributed by atoms with Gasteiger partial charge in [0.2, 0.25) is 0 Å². The number of fused-ring (bicyclic) bond motifs is 3. The van der Waals surface area contributed by atoms with Crippen molar-refractivity contribution >= 4 is 11.2 Å². The minimum Gasteiger partial charge on any atom is -0.304 e. The Morgan fingerprint density at radius 3 is 2.79 bits per heavy atom. The summed E-state index contributed by atoms with van der Waals surface area (Å²) in [6, 6.07) is 0. The third-order valence-corrected chi connectivity index (χ3v) is 4.58. The summed E-state index contributed by atoms with van der Waals surface area (Å²) in [5.41, 5.74) is 3.47. The predicted octanol–water partition coefficient (Wildman–Crippen LogP) is 3.31. The Labute approximate surface area is 113 Å². The number of rotatable bonds is 3. The minimum absolute atomic E-state index is 0.0876. The fourth-order valence-electron chi connectivity index (χ4n) is 2.70. The van der Waals surface area contributed by atoms with E-state index in [-0.39, 0.29) is 5.41 Å². The first-order valence-corrected chi connectivity index (χ1v) is 6.85. The predicted molar refractivity (Wildman–Crippen MR) is 76.4 cm³/mol. The van der Waals surface area contributed by atoms with Gasteiger partial charge >= 0.3 is 0 Å². The van der Waals surface area contributed by atoms with Crippen LogP contribution in [-0.4, -0.2) is 19.0 Å². The van der Waals surface area contributed by atoms with Crippen LogP contribution in [0.3, 0.4) is 0 Å². The summed E-state index contributed by atoms with van der Waals surface area (Å²) in [4.78, 5) is 4.48. The maximum atomic E-state index is 4.49. The van der Waals surface area contributed by atoms with Gasteiger partial charge in [0.1, 0.15) is 5.52 Å². The topological polar surface area (TPSA) is 34.6 Å². The molecule has 1 atom stereocenters. The van der Waals surface area contributed by atoms with E-state index in [1.165, 1.54) is 5.56 Å². The van der Waals surface area contributed by atoms with Crippen molar-refractivity contribution in [1.29, 1.82) is 0 Å². The van der Waals surface area contributed by atoms with Gasteiger partial charge in [0.25, 0.3) is 0 Å². The molecule has 3 aromatic heterocycles. The highest BCUT2D eigenvalue weighted by atomic mass is 15.2. The Kier molecular flexibility index (Phi) is 2.62. The molecule has 3 rings (SSSR count). The molecule has 0 fully saturated rings. The maximum absolute atomic E-state index is 4.49. The van der Waals surface area contributed by atoms with Crippen molar-refractivity contribution in [3.63, 3.8) is 0 Å². The van der Waals surface area contributed by atoms with Gasteiger partial charge in [-0.05, 0) is 11.3 Å². The average molecular weight is 256 g/mol. The van der Waals surface area contributed by atoms with Crippen LogP contribution in [0.4, 0.5) is 0 Å². The molecule has 0 saturated heterocycles. The number of imidazole rings is 1. The first-order chi connectivity index (χ1) is 9.05. The molecule has 100 valence electrons. The summed E-state index contributed by atoms with van der Waals surface area (Å²) < 4.78 is 3.98. The van der Waals surface area contributed by atoms with E-state index >= 15 is 0 Å². The van der Waals surface area contributed by atoms with Gasteiger partial charge in [-0.3, -0.25) is 0 Å². The lowest BCUT2D eigenvalue weighted by atomic mass is 9.73. The van der Waals surface area contributed by atoms with Gasteiger partial charge in [-0.15, -0.1) is 0 Å². The van der Waals surface area contributed by atoms with Crippen molar-refractivity contribution in [2.24, 2.45) is 5.92 Å². The molecule has 0 N–H and O–H groups in total. The van der Waals surface area contributed by atoms with Crippen LogP contribution in [0.1, 0.15) is 39.7 Å². The summed E-state index contributed by atoms with van der Waals surface area (Å²) in [6.45, 7) is 9.13. The van der Waals surface area contributed by atoms with E-state index in [0.717, 1.165) is 17.6 Å². The van der Waals surface area contributed by atoms with Crippen molar-refractivity contribution in [2.75, 3.05) is 0 Å². The molecule has 0 aromatic carbocycles. The van der Waals surface area contributed by atoms with Crippen LogP contribution in [-0.2, 0) is 5.41 Å². The summed E-state index contributed by atoms with van der Waals surface area (Å²) in [5.74, 6) is 0.593. The zero-order valence-corrected chi connectivity index (χ0v) is 12.0. The van der Waals surface area contributed by atoms with E-state index in [0.29, 0.717) is 5.92 Å². The molecule has 4 nitrogen and oxygen atoms in total. The molecule has 0 radical (unpaired) electrons. The Bertz CT molecular complexity index is 720. The zero-order chi connectivity index (χ0) is 13.6. The van der Waals surface area contributed by atoms with Crippen molar-refractivity contribution in [3.05, 3.63) is 36.5 Å². The molecule has 0 spiro atoms. The van der Waals surface area contributed by atoms with Crippen LogP contribution < -0.4 is 0 Å². The molecular formula is C15H20N4. The third kappa shape index (κ3) is 1.66. The molecule has 4 heteroatoms. The van der Waals surface area contributed by atoms with E-state index in [4.69, 9.17) is 0 Å². The van der Waals surface area contributed by atoms with Crippen LogP contribution in [0.2, 0.25) is 0 Å². The zero-order valence-electron chi connectivity index (χ0n) is 12.0. The Morgan fingerprint density at radius 2 is 2.05 bits per heavy atom. The molecule has 3 aromatic rings. The molecule has 3 heterocycles. The SMILES string of the molecule is CCC(C)C(C)(C)c1cnn2ccn3ccnc3c12. The molecule has 0 amide bonds. The number of hydrogen-bond donors (Lipinski definition) is 0. The minimum atomic E-state index is 0.0876. The average Bonchev–Trinajstić information content (AvgIpc) is 3.02. The van der Waals surface area contributed by atoms with E-state index in [2.05, 4.69) is 37.8 Å². The molecule has 0 aliphatic rings. The highest BCUT2D eigenvalue weighted by molar-refractivity contribution is 5.76. The Hall–Kier alpha value is -1.84. The first kappa shape index (κ1) is 12.2. The number of hydrogen-bond acceptors (Lipinski definition) is 2. The van der Waals surface area contributed by atoms with Gasteiger partial charge in [0, 0.05) is 30.4 Å². The lowest BCUT2D eigenvalue weighted by Crippen LogP contribution is -2.26. The summed E-state index contributed by atoms with van der Waals surface area (Å²) >= 11 is 0. The lowest BCUT2D eigenvalue weighted by molar-refractivity contribution is 0.337. The summed E-state index contributed by atoms with van der Waals surface area (Å²) in [6.07, 6.45) is 10.9. The van der Waals surface area contributed by atoms with Crippen molar-refractivity contribution in [2.45, 2.75) is 39.5 Å². The fourth-order valence-corrected chi connectivity index (χ4v) is 2.70. The molecule has 19 heavy (non-hydrogen) atoms. The largest absolute Gasteiger partial charge is 0.304 e. The summed E-state index contributed by atoms with van der Waals surface area (Å²) in [5, 5.41) is 4.49. The highest BCUT2D eigenvalue weighted by Gasteiger charge is 2.30. The molecular weight excluding hydrogens is 236 g/mol. The van der Waals surface area contributed by atoms with Crippen molar-refractivity contribution in [3.8, 4) is 0 Å².